The maximum atomic E-state index is 12.6. The molecule has 0 bridgehead atoms. The number of nitrogens with zero attached hydrogens (tertiary/aromatic N) is 1. The van der Waals surface area contributed by atoms with Crippen LogP contribution in [0.3, 0.4) is 0 Å². The molecule has 31 heavy (non-hydrogen) atoms. The van der Waals surface area contributed by atoms with E-state index in [4.69, 9.17) is 18.6 Å². The number of ether oxygens (including phenoxy) is 3. The third-order valence-electron chi connectivity index (χ3n) is 3.95. The van der Waals surface area contributed by atoms with Crippen molar-refractivity contribution in [2.75, 3.05) is 33.4 Å². The van der Waals surface area contributed by atoms with Crippen molar-refractivity contribution in [1.29, 1.82) is 0 Å². The summed E-state index contributed by atoms with van der Waals surface area (Å²) in [6.07, 6.45) is 1.37. The summed E-state index contributed by atoms with van der Waals surface area (Å²) in [5, 5.41) is 0. The Kier molecular flexibility index (Phi) is 8.74. The molecular formula is C21H27N3O7. The standard InChI is InChI=1S/C21H27N3O7/c1-5-28-16-11-14(12-17(29-6-2)19(16)30-7-3)20(26)23-22-18(25)13-24(4)21(27)15-9-8-10-31-15/h8-12H,5-7,13H2,1-4H3,(H,22,25)(H,23,26). The highest BCUT2D eigenvalue weighted by Crippen LogP contribution is 2.39. The average Bonchev–Trinajstić information content (AvgIpc) is 3.28. The quantitative estimate of drug-likeness (QED) is 0.550. The lowest BCUT2D eigenvalue weighted by Crippen LogP contribution is -2.46. The van der Waals surface area contributed by atoms with Crippen LogP contribution in [0.25, 0.3) is 0 Å². The van der Waals surface area contributed by atoms with Crippen LogP contribution in [0.4, 0.5) is 0 Å². The Morgan fingerprint density at radius 1 is 0.968 bits per heavy atom. The predicted molar refractivity (Wildman–Crippen MR) is 111 cm³/mol. The normalized spacial score (nSPS) is 10.2. The minimum Gasteiger partial charge on any atom is -0.490 e. The van der Waals surface area contributed by atoms with Crippen LogP contribution in [0, 0.1) is 0 Å². The number of rotatable bonds is 10. The van der Waals surface area contributed by atoms with Gasteiger partial charge in [0, 0.05) is 12.6 Å². The highest BCUT2D eigenvalue weighted by atomic mass is 16.5. The second-order valence-electron chi connectivity index (χ2n) is 6.24. The minimum absolute atomic E-state index is 0.112. The SMILES string of the molecule is CCOc1cc(C(=O)NNC(=O)CN(C)C(=O)c2ccco2)cc(OCC)c1OCC. The highest BCUT2D eigenvalue weighted by molar-refractivity contribution is 5.97. The van der Waals surface area contributed by atoms with Crippen molar-refractivity contribution in [3.63, 3.8) is 0 Å². The number of carbonyl (C=O) groups is 3. The van der Waals surface area contributed by atoms with Gasteiger partial charge in [0.1, 0.15) is 6.54 Å². The fourth-order valence-electron chi connectivity index (χ4n) is 2.63. The zero-order valence-corrected chi connectivity index (χ0v) is 18.0. The summed E-state index contributed by atoms with van der Waals surface area (Å²) in [4.78, 5) is 38.0. The molecule has 0 saturated heterocycles. The Labute approximate surface area is 180 Å². The molecule has 0 spiro atoms. The van der Waals surface area contributed by atoms with Gasteiger partial charge in [-0.15, -0.1) is 0 Å². The van der Waals surface area contributed by atoms with Crippen molar-refractivity contribution in [1.82, 2.24) is 15.8 Å². The first-order valence-electron chi connectivity index (χ1n) is 9.85. The van der Waals surface area contributed by atoms with Crippen LogP contribution in [0.2, 0.25) is 0 Å². The Morgan fingerprint density at radius 2 is 1.58 bits per heavy atom. The second-order valence-corrected chi connectivity index (χ2v) is 6.24. The summed E-state index contributed by atoms with van der Waals surface area (Å²) in [7, 11) is 1.45. The Morgan fingerprint density at radius 3 is 2.10 bits per heavy atom. The summed E-state index contributed by atoms with van der Waals surface area (Å²) < 4.78 is 21.8. The largest absolute Gasteiger partial charge is 0.490 e. The Bertz CT molecular complexity index is 869. The Balaban J connectivity index is 2.05. The molecule has 2 N–H and O–H groups in total. The molecule has 0 unspecified atom stereocenters. The number of benzene rings is 1. The van der Waals surface area contributed by atoms with Crippen LogP contribution in [-0.4, -0.2) is 56.0 Å². The number of amides is 3. The molecule has 10 nitrogen and oxygen atoms in total. The molecule has 10 heteroatoms. The molecule has 0 aliphatic carbocycles. The summed E-state index contributed by atoms with van der Waals surface area (Å²) in [5.41, 5.74) is 4.80. The van der Waals surface area contributed by atoms with Crippen molar-refractivity contribution in [3.8, 4) is 17.2 Å². The van der Waals surface area contributed by atoms with Gasteiger partial charge < -0.3 is 23.5 Å². The van der Waals surface area contributed by atoms with Gasteiger partial charge in [0.2, 0.25) is 5.75 Å². The number of likely N-dealkylation sites (N-methyl/N-ethyl adjacent to an activating group) is 1. The van der Waals surface area contributed by atoms with Gasteiger partial charge in [-0.3, -0.25) is 25.2 Å². The topological polar surface area (TPSA) is 119 Å². The van der Waals surface area contributed by atoms with Crippen LogP contribution in [0.5, 0.6) is 17.2 Å². The molecule has 0 saturated carbocycles. The van der Waals surface area contributed by atoms with Crippen LogP contribution in [0.15, 0.2) is 34.9 Å². The zero-order valence-electron chi connectivity index (χ0n) is 18.0. The molecule has 3 amide bonds. The van der Waals surface area contributed by atoms with Gasteiger partial charge in [-0.25, -0.2) is 0 Å². The van der Waals surface area contributed by atoms with Gasteiger partial charge in [-0.2, -0.15) is 0 Å². The summed E-state index contributed by atoms with van der Waals surface area (Å²) >= 11 is 0. The summed E-state index contributed by atoms with van der Waals surface area (Å²) in [5.74, 6) is -0.396. The van der Waals surface area contributed by atoms with Crippen LogP contribution < -0.4 is 25.1 Å². The van der Waals surface area contributed by atoms with Crippen molar-refractivity contribution in [2.45, 2.75) is 20.8 Å². The van der Waals surface area contributed by atoms with E-state index in [2.05, 4.69) is 10.9 Å². The number of hydrazine groups is 1. The fraction of sp³-hybridized carbons (Fsp3) is 0.381. The van der Waals surface area contributed by atoms with E-state index in [-0.39, 0.29) is 17.9 Å². The van der Waals surface area contributed by atoms with Gasteiger partial charge in [-0.05, 0) is 45.0 Å². The van der Waals surface area contributed by atoms with Crippen molar-refractivity contribution in [2.24, 2.45) is 0 Å². The van der Waals surface area contributed by atoms with Crippen LogP contribution >= 0.6 is 0 Å². The van der Waals surface area contributed by atoms with Crippen molar-refractivity contribution >= 4 is 17.7 Å². The van der Waals surface area contributed by atoms with Crippen LogP contribution in [-0.2, 0) is 4.79 Å². The van der Waals surface area contributed by atoms with Gasteiger partial charge >= 0.3 is 0 Å². The number of nitrogens with one attached hydrogen (secondary N) is 2. The lowest BCUT2D eigenvalue weighted by atomic mass is 10.1. The Hall–Kier alpha value is -3.69. The van der Waals surface area contributed by atoms with Crippen LogP contribution in [0.1, 0.15) is 41.7 Å². The van der Waals surface area contributed by atoms with E-state index in [0.29, 0.717) is 37.1 Å². The van der Waals surface area contributed by atoms with E-state index >= 15 is 0 Å². The number of hydrogen-bond donors (Lipinski definition) is 2. The molecule has 168 valence electrons. The molecule has 0 radical (unpaired) electrons. The minimum atomic E-state index is -0.586. The first-order valence-corrected chi connectivity index (χ1v) is 9.85. The predicted octanol–water partition coefficient (Wildman–Crippen LogP) is 2.01. The van der Waals surface area contributed by atoms with Gasteiger partial charge in [0.05, 0.1) is 26.1 Å². The van der Waals surface area contributed by atoms with E-state index in [1.165, 1.54) is 31.5 Å². The van der Waals surface area contributed by atoms with E-state index in [0.717, 1.165) is 4.90 Å². The zero-order chi connectivity index (χ0) is 22.8. The van der Waals surface area contributed by atoms with Gasteiger partial charge in [0.15, 0.2) is 17.3 Å². The summed E-state index contributed by atoms with van der Waals surface area (Å²) in [6, 6.07) is 6.08. The molecular weight excluding hydrogens is 406 g/mol. The molecule has 0 atom stereocenters. The lowest BCUT2D eigenvalue weighted by Gasteiger charge is -2.18. The summed E-state index contributed by atoms with van der Waals surface area (Å²) in [6.45, 7) is 6.29. The molecule has 0 aliphatic rings. The second kappa shape index (κ2) is 11.5. The van der Waals surface area contributed by atoms with E-state index in [1.54, 1.807) is 6.07 Å². The molecule has 1 aromatic carbocycles. The highest BCUT2D eigenvalue weighted by Gasteiger charge is 2.20. The maximum absolute atomic E-state index is 12.6. The van der Waals surface area contributed by atoms with E-state index < -0.39 is 17.7 Å². The molecule has 1 aromatic heterocycles. The average molecular weight is 433 g/mol. The third kappa shape index (κ3) is 6.39. The molecule has 0 aliphatic heterocycles. The smallest absolute Gasteiger partial charge is 0.289 e. The molecule has 0 fully saturated rings. The fourth-order valence-corrected chi connectivity index (χ4v) is 2.63. The molecule has 1 heterocycles. The molecule has 2 aromatic rings. The van der Waals surface area contributed by atoms with E-state index in [1.807, 2.05) is 20.8 Å². The van der Waals surface area contributed by atoms with E-state index in [9.17, 15) is 14.4 Å². The number of furan rings is 1. The number of carbonyl (C=O) groups excluding carboxylic acids is 3. The first kappa shape index (κ1) is 23.6. The van der Waals surface area contributed by atoms with Crippen molar-refractivity contribution in [3.05, 3.63) is 41.9 Å². The van der Waals surface area contributed by atoms with Gasteiger partial charge in [-0.1, -0.05) is 0 Å². The maximum Gasteiger partial charge on any atom is 0.289 e. The number of hydrogen-bond acceptors (Lipinski definition) is 7. The monoisotopic (exact) mass is 433 g/mol. The molecule has 2 rings (SSSR count). The first-order chi connectivity index (χ1) is 14.9. The third-order valence-corrected chi connectivity index (χ3v) is 3.95. The lowest BCUT2D eigenvalue weighted by molar-refractivity contribution is -0.122. The van der Waals surface area contributed by atoms with Gasteiger partial charge in [0.25, 0.3) is 17.7 Å². The van der Waals surface area contributed by atoms with Crippen molar-refractivity contribution < 1.29 is 33.0 Å².